The second-order valence-electron chi connectivity index (χ2n) is 5.18. The fourth-order valence-corrected chi connectivity index (χ4v) is 2.56. The first-order chi connectivity index (χ1) is 10.1. The number of carbonyl (C=O) groups excluding carboxylic acids is 1. The highest BCUT2D eigenvalue weighted by Gasteiger charge is 2.55. The maximum absolute atomic E-state index is 12.7. The minimum atomic E-state index is -4.96. The lowest BCUT2D eigenvalue weighted by molar-refractivity contribution is -0.143. The van der Waals surface area contributed by atoms with E-state index in [0.717, 1.165) is 0 Å². The van der Waals surface area contributed by atoms with Gasteiger partial charge in [-0.25, -0.2) is 0 Å². The molecule has 3 nitrogen and oxygen atoms in total. The van der Waals surface area contributed by atoms with Crippen molar-refractivity contribution in [2.45, 2.75) is 24.4 Å². The van der Waals surface area contributed by atoms with Gasteiger partial charge in [-0.3, -0.25) is 4.79 Å². The van der Waals surface area contributed by atoms with Crippen LogP contribution < -0.4 is 0 Å². The lowest BCUT2D eigenvalue weighted by atomic mass is 10.0. The smallest absolute Gasteiger partial charge is 0.377 e. The van der Waals surface area contributed by atoms with Crippen molar-refractivity contribution in [3.05, 3.63) is 34.9 Å². The number of rotatable bonds is 1. The van der Waals surface area contributed by atoms with Gasteiger partial charge in [0.25, 0.3) is 5.91 Å². The molecule has 120 valence electrons. The molecule has 0 saturated carbocycles. The molecule has 0 spiro atoms. The van der Waals surface area contributed by atoms with Crippen LogP contribution in [0.4, 0.5) is 26.3 Å². The van der Waals surface area contributed by atoms with E-state index in [1.54, 1.807) is 0 Å². The Morgan fingerprint density at radius 1 is 0.955 bits per heavy atom. The maximum Gasteiger partial charge on any atom is 0.416 e. The minimum Gasteiger partial charge on any atom is -0.377 e. The van der Waals surface area contributed by atoms with Gasteiger partial charge in [-0.05, 0) is 18.2 Å². The maximum atomic E-state index is 12.7. The normalized spacial score (nSPS) is 24.4. The molecule has 2 fully saturated rings. The zero-order valence-electron chi connectivity index (χ0n) is 10.8. The van der Waals surface area contributed by atoms with Crippen molar-refractivity contribution in [1.29, 1.82) is 0 Å². The Hall–Kier alpha value is -1.77. The van der Waals surface area contributed by atoms with Gasteiger partial charge in [-0.1, -0.05) is 0 Å². The van der Waals surface area contributed by atoms with Crippen molar-refractivity contribution in [2.24, 2.45) is 0 Å². The van der Waals surface area contributed by atoms with Crippen molar-refractivity contribution in [3.63, 3.8) is 0 Å². The number of amides is 1. The predicted molar refractivity (Wildman–Crippen MR) is 61.0 cm³/mol. The molecule has 9 heteroatoms. The summed E-state index contributed by atoms with van der Waals surface area (Å²) in [5.74, 6) is -0.838. The van der Waals surface area contributed by atoms with Gasteiger partial charge in [0.05, 0.1) is 36.4 Å². The van der Waals surface area contributed by atoms with E-state index in [4.69, 9.17) is 4.74 Å². The van der Waals surface area contributed by atoms with Crippen molar-refractivity contribution in [3.8, 4) is 0 Å². The third kappa shape index (κ3) is 2.53. The molecule has 0 bridgehead atoms. The Morgan fingerprint density at radius 3 is 1.82 bits per heavy atom. The topological polar surface area (TPSA) is 29.3 Å². The van der Waals surface area contributed by atoms with Crippen molar-refractivity contribution in [1.82, 2.24) is 4.90 Å². The highest BCUT2D eigenvalue weighted by Crippen LogP contribution is 2.39. The lowest BCUT2D eigenvalue weighted by Crippen LogP contribution is -2.22. The van der Waals surface area contributed by atoms with Crippen LogP contribution in [-0.2, 0) is 17.1 Å². The number of hydrogen-bond donors (Lipinski definition) is 0. The Bertz CT molecular complexity index is 582. The van der Waals surface area contributed by atoms with Crippen molar-refractivity contribution < 1.29 is 35.9 Å². The second kappa shape index (κ2) is 4.61. The van der Waals surface area contributed by atoms with Crippen LogP contribution in [0, 0.1) is 0 Å². The van der Waals surface area contributed by atoms with Crippen LogP contribution in [0.25, 0.3) is 0 Å². The van der Waals surface area contributed by atoms with Gasteiger partial charge in [-0.15, -0.1) is 0 Å². The predicted octanol–water partition coefficient (Wildman–Crippen LogP) is 2.95. The first-order valence-electron chi connectivity index (χ1n) is 6.29. The Labute approximate surface area is 120 Å². The average Bonchev–Trinajstić information content (AvgIpc) is 2.87. The molecule has 3 rings (SSSR count). The standard InChI is InChI=1S/C13H9F6NO2/c14-12(15,16)7-1-6(2-8(3-7)13(17,18)19)11(21)20-9-4-22-5-10(9)20/h1-3,9-10H,4-5H2. The average molecular weight is 325 g/mol. The van der Waals surface area contributed by atoms with Gasteiger partial charge in [0.15, 0.2) is 0 Å². The molecule has 2 aliphatic heterocycles. The number of fused-ring (bicyclic) bond motifs is 1. The van der Waals surface area contributed by atoms with Gasteiger partial charge in [-0.2, -0.15) is 26.3 Å². The molecule has 2 aliphatic rings. The molecule has 1 aromatic rings. The number of nitrogens with zero attached hydrogens (tertiary/aromatic N) is 1. The molecule has 1 amide bonds. The summed E-state index contributed by atoms with van der Waals surface area (Å²) in [4.78, 5) is 13.4. The summed E-state index contributed by atoms with van der Waals surface area (Å²) in [6.45, 7) is 0.503. The number of benzene rings is 1. The Balaban J connectivity index is 1.98. The molecule has 0 aromatic heterocycles. The summed E-state index contributed by atoms with van der Waals surface area (Å²) in [6, 6.07) is 0.398. The largest absolute Gasteiger partial charge is 0.416 e. The first-order valence-corrected chi connectivity index (χ1v) is 6.29. The van der Waals surface area contributed by atoms with Gasteiger partial charge >= 0.3 is 12.4 Å². The molecule has 2 atom stereocenters. The van der Waals surface area contributed by atoms with Gasteiger partial charge in [0.1, 0.15) is 0 Å². The van der Waals surface area contributed by atoms with Crippen LogP contribution in [0.2, 0.25) is 0 Å². The van der Waals surface area contributed by atoms with E-state index in [2.05, 4.69) is 0 Å². The summed E-state index contributed by atoms with van der Waals surface area (Å²) in [6.07, 6.45) is -9.93. The number of ether oxygens (including phenoxy) is 1. The van der Waals surface area contributed by atoms with Gasteiger partial charge in [0, 0.05) is 5.56 Å². The summed E-state index contributed by atoms with van der Waals surface area (Å²) >= 11 is 0. The highest BCUT2D eigenvalue weighted by molar-refractivity contribution is 5.97. The van der Waals surface area contributed by atoms with E-state index in [0.29, 0.717) is 12.1 Å². The van der Waals surface area contributed by atoms with Crippen LogP contribution in [0.5, 0.6) is 0 Å². The third-order valence-corrected chi connectivity index (χ3v) is 3.72. The Kier molecular flexibility index (Phi) is 3.17. The van der Waals surface area contributed by atoms with E-state index in [1.807, 2.05) is 0 Å². The van der Waals surface area contributed by atoms with Crippen molar-refractivity contribution >= 4 is 5.91 Å². The quantitative estimate of drug-likeness (QED) is 0.587. The summed E-state index contributed by atoms with van der Waals surface area (Å²) in [7, 11) is 0. The van der Waals surface area contributed by atoms with Gasteiger partial charge in [0.2, 0.25) is 0 Å². The molecular weight excluding hydrogens is 316 g/mol. The minimum absolute atomic E-state index is 0.00293. The molecule has 2 heterocycles. The molecule has 2 unspecified atom stereocenters. The molecule has 22 heavy (non-hydrogen) atoms. The highest BCUT2D eigenvalue weighted by atomic mass is 19.4. The monoisotopic (exact) mass is 325 g/mol. The molecular formula is C13H9F6NO2. The first kappa shape index (κ1) is 15.1. The number of halogens is 6. The molecule has 0 radical (unpaired) electrons. The number of alkyl halides is 6. The zero-order valence-corrected chi connectivity index (χ0v) is 10.8. The van der Waals surface area contributed by atoms with E-state index < -0.39 is 35.0 Å². The molecule has 1 aromatic carbocycles. The molecule has 0 N–H and O–H groups in total. The Morgan fingerprint density at radius 2 is 1.41 bits per heavy atom. The van der Waals surface area contributed by atoms with E-state index in [9.17, 15) is 31.1 Å². The van der Waals surface area contributed by atoms with Crippen LogP contribution in [-0.4, -0.2) is 36.1 Å². The summed E-state index contributed by atoms with van der Waals surface area (Å²) in [5.41, 5.74) is -3.60. The molecule has 0 aliphatic carbocycles. The number of hydrogen-bond acceptors (Lipinski definition) is 2. The number of carbonyl (C=O) groups is 1. The van der Waals surface area contributed by atoms with E-state index in [1.165, 1.54) is 4.90 Å². The van der Waals surface area contributed by atoms with Crippen LogP contribution in [0.1, 0.15) is 21.5 Å². The summed E-state index contributed by atoms with van der Waals surface area (Å²) in [5, 5.41) is 0. The van der Waals surface area contributed by atoms with Crippen LogP contribution >= 0.6 is 0 Å². The number of morpholine rings is 1. The van der Waals surface area contributed by atoms with Crippen LogP contribution in [0.3, 0.4) is 0 Å². The van der Waals surface area contributed by atoms with E-state index >= 15 is 0 Å². The van der Waals surface area contributed by atoms with Crippen molar-refractivity contribution in [2.75, 3.05) is 13.2 Å². The fraction of sp³-hybridized carbons (Fsp3) is 0.462. The van der Waals surface area contributed by atoms with Gasteiger partial charge < -0.3 is 9.64 Å². The fourth-order valence-electron chi connectivity index (χ4n) is 2.56. The van der Waals surface area contributed by atoms with E-state index in [-0.39, 0.29) is 31.4 Å². The van der Waals surface area contributed by atoms with Crippen LogP contribution in [0.15, 0.2) is 18.2 Å². The molecule has 2 saturated heterocycles. The summed E-state index contributed by atoms with van der Waals surface area (Å²) < 4.78 is 81.4. The third-order valence-electron chi connectivity index (χ3n) is 3.72. The lowest BCUT2D eigenvalue weighted by Gasteiger charge is -2.15. The SMILES string of the molecule is O=C(c1cc(C(F)(F)F)cc(C(F)(F)F)c1)N1C2COCC21. The zero-order chi connectivity index (χ0) is 16.3. The second-order valence-corrected chi connectivity index (χ2v) is 5.18.